The van der Waals surface area contributed by atoms with Crippen LogP contribution in [0.3, 0.4) is 0 Å². The van der Waals surface area contributed by atoms with Crippen LogP contribution < -0.4 is 20.7 Å². The molecule has 0 spiro atoms. The summed E-state index contributed by atoms with van der Waals surface area (Å²) in [5.74, 6) is 0.793. The lowest BCUT2D eigenvalue weighted by Crippen LogP contribution is -2.25. The number of ether oxygens (including phenoxy) is 1. The van der Waals surface area contributed by atoms with Crippen LogP contribution in [-0.4, -0.2) is 31.2 Å². The van der Waals surface area contributed by atoms with Crippen molar-refractivity contribution in [3.63, 3.8) is 0 Å². The summed E-state index contributed by atoms with van der Waals surface area (Å²) in [5, 5.41) is 9.60. The Morgan fingerprint density at radius 1 is 1.00 bits per heavy atom. The van der Waals surface area contributed by atoms with E-state index >= 15 is 0 Å². The number of nitrogens with zero attached hydrogens (tertiary/aromatic N) is 1. The molecule has 5 rings (SSSR count). The highest BCUT2D eigenvalue weighted by Crippen LogP contribution is 2.37. The van der Waals surface area contributed by atoms with Crippen molar-refractivity contribution in [1.29, 1.82) is 0 Å². The van der Waals surface area contributed by atoms with E-state index in [4.69, 9.17) is 4.74 Å². The molecule has 1 fully saturated rings. The maximum absolute atomic E-state index is 14.1. The van der Waals surface area contributed by atoms with Crippen molar-refractivity contribution < 1.29 is 22.7 Å². The zero-order valence-corrected chi connectivity index (χ0v) is 24.6. The van der Waals surface area contributed by atoms with Gasteiger partial charge in [0, 0.05) is 23.6 Å². The van der Waals surface area contributed by atoms with Crippen LogP contribution in [-0.2, 0) is 19.1 Å². The second-order valence-corrected chi connectivity index (χ2v) is 10.9. The van der Waals surface area contributed by atoms with E-state index in [1.807, 2.05) is 48.5 Å². The second kappa shape index (κ2) is 13.1. The highest BCUT2D eigenvalue weighted by Gasteiger charge is 2.37. The van der Waals surface area contributed by atoms with Crippen molar-refractivity contribution in [2.24, 2.45) is 5.92 Å². The number of anilines is 1. The van der Waals surface area contributed by atoms with E-state index < -0.39 is 17.6 Å². The number of alkyl halides is 3. The van der Waals surface area contributed by atoms with Gasteiger partial charge in [-0.05, 0) is 97.9 Å². The van der Waals surface area contributed by atoms with E-state index in [0.29, 0.717) is 23.8 Å². The maximum atomic E-state index is 14.1. The van der Waals surface area contributed by atoms with Crippen molar-refractivity contribution >= 4 is 11.6 Å². The van der Waals surface area contributed by atoms with E-state index in [1.165, 1.54) is 17.4 Å². The Balaban J connectivity index is 1.49. The van der Waals surface area contributed by atoms with Crippen LogP contribution in [0.1, 0.15) is 64.2 Å². The molecule has 9 heteroatoms. The molecule has 1 unspecified atom stereocenters. The molecule has 0 saturated heterocycles. The van der Waals surface area contributed by atoms with Gasteiger partial charge in [-0.1, -0.05) is 43.3 Å². The van der Waals surface area contributed by atoms with Gasteiger partial charge in [0.05, 0.1) is 18.7 Å². The summed E-state index contributed by atoms with van der Waals surface area (Å²) in [5.41, 5.74) is 3.03. The summed E-state index contributed by atoms with van der Waals surface area (Å²) in [4.78, 5) is 13.7. The Hall–Kier alpha value is -4.08. The molecule has 43 heavy (non-hydrogen) atoms. The Morgan fingerprint density at radius 3 is 2.40 bits per heavy atom. The van der Waals surface area contributed by atoms with Crippen LogP contribution in [0.25, 0.3) is 5.69 Å². The molecule has 1 aliphatic rings. The molecule has 1 aliphatic carbocycles. The van der Waals surface area contributed by atoms with E-state index in [1.54, 1.807) is 45.3 Å². The van der Waals surface area contributed by atoms with Crippen LogP contribution in [0, 0.1) is 5.92 Å². The van der Waals surface area contributed by atoms with Gasteiger partial charge in [0.1, 0.15) is 11.4 Å². The van der Waals surface area contributed by atoms with Crippen molar-refractivity contribution in [2.45, 2.75) is 44.9 Å². The molecule has 6 nitrogen and oxygen atoms in total. The molecule has 3 N–H and O–H groups in total. The standard InChI is InChI=1S/C34H37F3N4O2/c1-4-30-29(34(35,36)37)19-31(41(30)27-10-5-7-23(17-27)20-38-2)33(42)40-26-9-6-8-25(18-26)32(39-21-22-11-12-22)24-13-15-28(43-3)16-14-24/h5-10,13-19,22,32,38-39H,4,11-12,20-21H2,1-3H3,(H,40,42). The predicted octanol–water partition coefficient (Wildman–Crippen LogP) is 7.13. The fourth-order valence-corrected chi connectivity index (χ4v) is 5.44. The Bertz CT molecular complexity index is 1560. The van der Waals surface area contributed by atoms with Crippen LogP contribution in [0.4, 0.5) is 18.9 Å². The summed E-state index contributed by atoms with van der Waals surface area (Å²) < 4.78 is 49.2. The monoisotopic (exact) mass is 590 g/mol. The largest absolute Gasteiger partial charge is 0.497 e. The minimum Gasteiger partial charge on any atom is -0.497 e. The lowest BCUT2D eigenvalue weighted by atomic mass is 9.97. The van der Waals surface area contributed by atoms with Crippen molar-refractivity contribution in [3.8, 4) is 11.4 Å². The van der Waals surface area contributed by atoms with Gasteiger partial charge in [-0.2, -0.15) is 13.2 Å². The first-order valence-electron chi connectivity index (χ1n) is 14.6. The van der Waals surface area contributed by atoms with Gasteiger partial charge in [0.25, 0.3) is 5.91 Å². The number of halogens is 3. The lowest BCUT2D eigenvalue weighted by Gasteiger charge is -2.21. The van der Waals surface area contributed by atoms with Gasteiger partial charge in [-0.15, -0.1) is 0 Å². The van der Waals surface area contributed by atoms with Gasteiger partial charge in [-0.3, -0.25) is 4.79 Å². The smallest absolute Gasteiger partial charge is 0.418 e. The van der Waals surface area contributed by atoms with Crippen molar-refractivity contribution in [2.75, 3.05) is 26.0 Å². The number of hydrogen-bond donors (Lipinski definition) is 3. The Kier molecular flexibility index (Phi) is 9.22. The minimum atomic E-state index is -4.60. The molecule has 0 bridgehead atoms. The number of hydrogen-bond acceptors (Lipinski definition) is 4. The molecular formula is C34H37F3N4O2. The first kappa shape index (κ1) is 30.4. The third-order valence-corrected chi connectivity index (χ3v) is 7.76. The SMILES string of the molecule is CCc1c(C(F)(F)F)cc(C(=O)Nc2cccc(C(NCC3CC3)c3ccc(OC)cc3)c2)n1-c1cccc(CNC)c1. The zero-order valence-electron chi connectivity index (χ0n) is 24.6. The first-order chi connectivity index (χ1) is 20.7. The molecule has 4 aromatic rings. The van der Waals surface area contributed by atoms with Gasteiger partial charge in [0.2, 0.25) is 0 Å². The quantitative estimate of drug-likeness (QED) is 0.164. The van der Waals surface area contributed by atoms with E-state index in [2.05, 4.69) is 16.0 Å². The number of nitrogens with one attached hydrogen (secondary N) is 3. The van der Waals surface area contributed by atoms with Crippen LogP contribution in [0.2, 0.25) is 0 Å². The molecule has 0 aliphatic heterocycles. The average Bonchev–Trinajstić information content (AvgIpc) is 3.73. The minimum absolute atomic E-state index is 0.0388. The molecule has 1 aromatic heterocycles. The predicted molar refractivity (Wildman–Crippen MR) is 163 cm³/mol. The molecule has 1 atom stereocenters. The highest BCUT2D eigenvalue weighted by molar-refractivity contribution is 6.04. The molecular weight excluding hydrogens is 553 g/mol. The van der Waals surface area contributed by atoms with E-state index in [-0.39, 0.29) is 23.9 Å². The number of aromatic nitrogens is 1. The number of amides is 1. The Morgan fingerprint density at radius 2 is 1.74 bits per heavy atom. The molecule has 226 valence electrons. The summed E-state index contributed by atoms with van der Waals surface area (Å²) in [6.07, 6.45) is -2.10. The first-order valence-corrected chi connectivity index (χ1v) is 14.6. The number of rotatable bonds is 12. The summed E-state index contributed by atoms with van der Waals surface area (Å²) >= 11 is 0. The Labute approximate surface area is 250 Å². The number of carbonyl (C=O) groups is 1. The molecule has 3 aromatic carbocycles. The third-order valence-electron chi connectivity index (χ3n) is 7.76. The molecule has 1 saturated carbocycles. The topological polar surface area (TPSA) is 67.3 Å². The lowest BCUT2D eigenvalue weighted by molar-refractivity contribution is -0.138. The zero-order chi connectivity index (χ0) is 30.6. The maximum Gasteiger partial charge on any atom is 0.418 e. The molecule has 1 amide bonds. The molecule has 1 heterocycles. The van der Waals surface area contributed by atoms with E-state index in [0.717, 1.165) is 35.1 Å². The van der Waals surface area contributed by atoms with E-state index in [9.17, 15) is 18.0 Å². The fraction of sp³-hybridized carbons (Fsp3) is 0.324. The van der Waals surface area contributed by atoms with Crippen LogP contribution in [0.15, 0.2) is 78.9 Å². The van der Waals surface area contributed by atoms with Crippen LogP contribution >= 0.6 is 0 Å². The summed E-state index contributed by atoms with van der Waals surface area (Å²) in [6, 6.07) is 23.3. The summed E-state index contributed by atoms with van der Waals surface area (Å²) in [6.45, 7) is 3.08. The summed E-state index contributed by atoms with van der Waals surface area (Å²) in [7, 11) is 3.43. The van der Waals surface area contributed by atoms with Crippen molar-refractivity contribution in [1.82, 2.24) is 15.2 Å². The number of benzene rings is 3. The van der Waals surface area contributed by atoms with Gasteiger partial charge < -0.3 is 25.3 Å². The van der Waals surface area contributed by atoms with Crippen molar-refractivity contribution in [3.05, 3.63) is 113 Å². The fourth-order valence-electron chi connectivity index (χ4n) is 5.44. The third kappa shape index (κ3) is 7.12. The van der Waals surface area contributed by atoms with Gasteiger partial charge >= 0.3 is 6.18 Å². The van der Waals surface area contributed by atoms with Crippen LogP contribution in [0.5, 0.6) is 5.75 Å². The number of methoxy groups -OCH3 is 1. The second-order valence-electron chi connectivity index (χ2n) is 10.9. The normalized spacial score (nSPS) is 14.0. The number of carbonyl (C=O) groups excluding carboxylic acids is 1. The van der Waals surface area contributed by atoms with Gasteiger partial charge in [0.15, 0.2) is 0 Å². The molecule has 0 radical (unpaired) electrons. The average molecular weight is 591 g/mol. The van der Waals surface area contributed by atoms with Gasteiger partial charge in [-0.25, -0.2) is 0 Å². The highest BCUT2D eigenvalue weighted by atomic mass is 19.4.